The number of carbonyl (C=O) groups is 1. The van der Waals surface area contributed by atoms with E-state index in [1.165, 1.54) is 6.33 Å². The molecule has 1 unspecified atom stereocenters. The van der Waals surface area contributed by atoms with Crippen molar-refractivity contribution in [2.45, 2.75) is 18.9 Å². The molecule has 2 heterocycles. The molecule has 29 heavy (non-hydrogen) atoms. The molecule has 1 atom stereocenters. The number of ether oxygens (including phenoxy) is 2. The summed E-state index contributed by atoms with van der Waals surface area (Å²) in [6.07, 6.45) is 3.14. The molecule has 3 N–H and O–H groups in total. The summed E-state index contributed by atoms with van der Waals surface area (Å²) in [5.41, 5.74) is 8.05. The van der Waals surface area contributed by atoms with Crippen LogP contribution in [-0.2, 0) is 4.79 Å². The van der Waals surface area contributed by atoms with Crippen LogP contribution in [0.25, 0.3) is 10.9 Å². The van der Waals surface area contributed by atoms with E-state index in [4.69, 9.17) is 15.2 Å². The smallest absolute Gasteiger partial charge is 0.240 e. The average molecular weight is 393 g/mol. The summed E-state index contributed by atoms with van der Waals surface area (Å²) in [5.74, 6) is 1.77. The van der Waals surface area contributed by atoms with Gasteiger partial charge in [-0.05, 0) is 43.2 Å². The van der Waals surface area contributed by atoms with Crippen LogP contribution in [0, 0.1) is 0 Å². The first-order chi connectivity index (χ1) is 14.1. The fraction of sp³-hybridized carbons (Fsp3) is 0.286. The quantitative estimate of drug-likeness (QED) is 0.664. The summed E-state index contributed by atoms with van der Waals surface area (Å²) < 4.78 is 10.8. The van der Waals surface area contributed by atoms with Gasteiger partial charge in [0.1, 0.15) is 29.7 Å². The highest BCUT2D eigenvalue weighted by molar-refractivity contribution is 5.96. The van der Waals surface area contributed by atoms with Crippen LogP contribution < -0.4 is 25.4 Å². The predicted octanol–water partition coefficient (Wildman–Crippen LogP) is 2.84. The maximum atomic E-state index is 11.9. The maximum absolute atomic E-state index is 11.9. The average Bonchev–Trinajstić information content (AvgIpc) is 3.23. The predicted molar refractivity (Wildman–Crippen MR) is 112 cm³/mol. The molecule has 1 amide bonds. The third-order valence-corrected chi connectivity index (χ3v) is 5.18. The number of anilines is 3. The first-order valence-corrected chi connectivity index (χ1v) is 9.40. The summed E-state index contributed by atoms with van der Waals surface area (Å²) in [6.45, 7) is 0.740. The number of hydrogen-bond donors (Lipinski definition) is 2. The lowest BCUT2D eigenvalue weighted by Gasteiger charge is -2.26. The van der Waals surface area contributed by atoms with Crippen LogP contribution in [0.15, 0.2) is 42.7 Å². The highest BCUT2D eigenvalue weighted by Gasteiger charge is 2.31. The molecule has 4 rings (SSSR count). The lowest BCUT2D eigenvalue weighted by Crippen LogP contribution is -2.40. The van der Waals surface area contributed by atoms with E-state index in [0.29, 0.717) is 11.6 Å². The van der Waals surface area contributed by atoms with Crippen molar-refractivity contribution in [3.8, 4) is 11.5 Å². The minimum Gasteiger partial charge on any atom is -0.497 e. The number of hydrogen-bond acceptors (Lipinski definition) is 7. The number of carbonyl (C=O) groups excluding carboxylic acids is 1. The van der Waals surface area contributed by atoms with E-state index in [2.05, 4.69) is 15.3 Å². The third-order valence-electron chi connectivity index (χ3n) is 5.18. The van der Waals surface area contributed by atoms with Crippen molar-refractivity contribution in [1.82, 2.24) is 9.97 Å². The molecule has 0 aliphatic carbocycles. The van der Waals surface area contributed by atoms with Gasteiger partial charge in [-0.3, -0.25) is 4.79 Å². The Morgan fingerprint density at radius 2 is 1.97 bits per heavy atom. The van der Waals surface area contributed by atoms with Crippen molar-refractivity contribution >= 4 is 34.0 Å². The van der Waals surface area contributed by atoms with Crippen LogP contribution in [-0.4, -0.2) is 42.7 Å². The molecule has 1 aliphatic heterocycles. The molecule has 1 aliphatic rings. The minimum atomic E-state index is -0.344. The van der Waals surface area contributed by atoms with E-state index >= 15 is 0 Å². The van der Waals surface area contributed by atoms with E-state index in [0.717, 1.165) is 47.4 Å². The van der Waals surface area contributed by atoms with E-state index in [1.807, 2.05) is 41.3 Å². The molecular weight excluding hydrogens is 370 g/mol. The second-order valence-electron chi connectivity index (χ2n) is 6.87. The van der Waals surface area contributed by atoms with Crippen molar-refractivity contribution in [3.05, 3.63) is 42.7 Å². The zero-order valence-electron chi connectivity index (χ0n) is 16.4. The Hall–Kier alpha value is -3.55. The van der Waals surface area contributed by atoms with E-state index in [-0.39, 0.29) is 11.9 Å². The molecule has 8 heteroatoms. The molecule has 3 aromatic rings. The van der Waals surface area contributed by atoms with Gasteiger partial charge in [-0.25, -0.2) is 9.97 Å². The topological polar surface area (TPSA) is 103 Å². The monoisotopic (exact) mass is 393 g/mol. The zero-order valence-corrected chi connectivity index (χ0v) is 16.4. The second kappa shape index (κ2) is 7.83. The Morgan fingerprint density at radius 1 is 1.17 bits per heavy atom. The molecule has 0 radical (unpaired) electrons. The normalized spacial score (nSPS) is 16.1. The lowest BCUT2D eigenvalue weighted by atomic mass is 10.1. The van der Waals surface area contributed by atoms with Gasteiger partial charge < -0.3 is 25.4 Å². The molecule has 1 fully saturated rings. The van der Waals surface area contributed by atoms with Crippen LogP contribution >= 0.6 is 0 Å². The minimum absolute atomic E-state index is 0.328. The molecule has 2 aromatic carbocycles. The standard InChI is InChI=1S/C21H23N5O3/c1-28-14-7-5-13(6-8-14)25-21-15-10-18(26-9-3-4-17(26)20(22)27)19(29-2)11-16(15)23-12-24-21/h5-8,10-12,17H,3-4,9H2,1-2H3,(H2,22,27)(H,23,24,25). The molecule has 150 valence electrons. The van der Waals surface area contributed by atoms with Gasteiger partial charge >= 0.3 is 0 Å². The SMILES string of the molecule is COc1ccc(Nc2ncnc3cc(OC)c(N4CCCC4C(N)=O)cc23)cc1. The summed E-state index contributed by atoms with van der Waals surface area (Å²) in [6, 6.07) is 11.1. The molecule has 0 spiro atoms. The number of benzene rings is 2. The Morgan fingerprint density at radius 3 is 2.66 bits per heavy atom. The summed E-state index contributed by atoms with van der Waals surface area (Å²) in [4.78, 5) is 22.7. The lowest BCUT2D eigenvalue weighted by molar-refractivity contribution is -0.119. The van der Waals surface area contributed by atoms with Gasteiger partial charge in [0.25, 0.3) is 0 Å². The molecule has 0 saturated carbocycles. The van der Waals surface area contributed by atoms with Crippen LogP contribution in [0.2, 0.25) is 0 Å². The van der Waals surface area contributed by atoms with Gasteiger partial charge in [-0.1, -0.05) is 0 Å². The maximum Gasteiger partial charge on any atom is 0.240 e. The molecule has 1 saturated heterocycles. The highest BCUT2D eigenvalue weighted by Crippen LogP contribution is 2.38. The van der Waals surface area contributed by atoms with Gasteiger partial charge in [0.05, 0.1) is 25.4 Å². The van der Waals surface area contributed by atoms with Crippen molar-refractivity contribution in [3.63, 3.8) is 0 Å². The second-order valence-corrected chi connectivity index (χ2v) is 6.87. The van der Waals surface area contributed by atoms with Gasteiger partial charge in [0, 0.05) is 23.7 Å². The van der Waals surface area contributed by atoms with Crippen LogP contribution in [0.5, 0.6) is 11.5 Å². The van der Waals surface area contributed by atoms with Crippen LogP contribution in [0.1, 0.15) is 12.8 Å². The third kappa shape index (κ3) is 3.61. The van der Waals surface area contributed by atoms with Crippen molar-refractivity contribution < 1.29 is 14.3 Å². The Bertz CT molecular complexity index is 1040. The van der Waals surface area contributed by atoms with Crippen molar-refractivity contribution in [1.29, 1.82) is 0 Å². The number of aromatic nitrogens is 2. The van der Waals surface area contributed by atoms with Gasteiger partial charge in [0.15, 0.2) is 0 Å². The highest BCUT2D eigenvalue weighted by atomic mass is 16.5. The van der Waals surface area contributed by atoms with Crippen molar-refractivity contribution in [2.24, 2.45) is 5.73 Å². The Kier molecular flexibility index (Phi) is 5.07. The van der Waals surface area contributed by atoms with Crippen LogP contribution in [0.4, 0.5) is 17.2 Å². The number of amides is 1. The largest absolute Gasteiger partial charge is 0.497 e. The molecule has 8 nitrogen and oxygen atoms in total. The molecular formula is C21H23N5O3. The van der Waals surface area contributed by atoms with E-state index in [1.54, 1.807) is 14.2 Å². The Balaban J connectivity index is 1.77. The first-order valence-electron chi connectivity index (χ1n) is 9.40. The van der Waals surface area contributed by atoms with Gasteiger partial charge in [0.2, 0.25) is 5.91 Å². The van der Waals surface area contributed by atoms with Gasteiger partial charge in [-0.15, -0.1) is 0 Å². The number of fused-ring (bicyclic) bond motifs is 1. The fourth-order valence-electron chi connectivity index (χ4n) is 3.72. The van der Waals surface area contributed by atoms with E-state index in [9.17, 15) is 4.79 Å². The summed E-state index contributed by atoms with van der Waals surface area (Å²) in [7, 11) is 3.24. The van der Waals surface area contributed by atoms with Crippen molar-refractivity contribution in [2.75, 3.05) is 31.0 Å². The summed E-state index contributed by atoms with van der Waals surface area (Å²) >= 11 is 0. The number of methoxy groups -OCH3 is 2. The number of nitrogens with zero attached hydrogens (tertiary/aromatic N) is 3. The number of rotatable bonds is 6. The first kappa shape index (κ1) is 18.8. The number of primary amides is 1. The number of nitrogens with two attached hydrogens (primary N) is 1. The van der Waals surface area contributed by atoms with Crippen LogP contribution in [0.3, 0.4) is 0 Å². The molecule has 1 aromatic heterocycles. The number of nitrogens with one attached hydrogen (secondary N) is 1. The zero-order chi connectivity index (χ0) is 20.4. The summed E-state index contributed by atoms with van der Waals surface area (Å²) in [5, 5.41) is 4.16. The fourth-order valence-corrected chi connectivity index (χ4v) is 3.72. The Labute approximate surface area is 168 Å². The van der Waals surface area contributed by atoms with E-state index < -0.39 is 0 Å². The molecule has 0 bridgehead atoms. The van der Waals surface area contributed by atoms with Gasteiger partial charge in [-0.2, -0.15) is 0 Å².